The van der Waals surface area contributed by atoms with Crippen molar-refractivity contribution in [1.29, 1.82) is 0 Å². The fourth-order valence-electron chi connectivity index (χ4n) is 5.03. The zero-order valence-electron chi connectivity index (χ0n) is 19.5. The molecule has 0 N–H and O–H groups in total. The van der Waals surface area contributed by atoms with E-state index in [0.29, 0.717) is 0 Å². The number of fused-ring (bicyclic) bond motifs is 6. The summed E-state index contributed by atoms with van der Waals surface area (Å²) in [4.78, 5) is 0. The maximum absolute atomic E-state index is 6.31. The van der Waals surface area contributed by atoms with Crippen molar-refractivity contribution in [2.75, 3.05) is 0 Å². The zero-order valence-corrected chi connectivity index (χ0v) is 19.5. The van der Waals surface area contributed by atoms with Crippen molar-refractivity contribution in [3.63, 3.8) is 0 Å². The van der Waals surface area contributed by atoms with Gasteiger partial charge in [0.15, 0.2) is 0 Å². The maximum Gasteiger partial charge on any atom is 0.135 e. The van der Waals surface area contributed by atoms with Crippen molar-refractivity contribution in [2.24, 2.45) is 0 Å². The molecular formula is C34H22O2. The van der Waals surface area contributed by atoms with Gasteiger partial charge in [-0.1, -0.05) is 84.9 Å². The highest BCUT2D eigenvalue weighted by molar-refractivity contribution is 6.10. The predicted molar refractivity (Wildman–Crippen MR) is 149 cm³/mol. The van der Waals surface area contributed by atoms with E-state index in [0.717, 1.165) is 33.8 Å². The molecule has 0 radical (unpaired) electrons. The lowest BCUT2D eigenvalue weighted by molar-refractivity contribution is 0.475. The van der Waals surface area contributed by atoms with Gasteiger partial charge in [0.1, 0.15) is 23.0 Å². The SMILES string of the molecule is c1ccc2c(c1)ccc1c(Oc3ccc(Oc4cccc5c4ccc4ccccc45)cc3)cccc12. The van der Waals surface area contributed by atoms with Gasteiger partial charge >= 0.3 is 0 Å². The molecular weight excluding hydrogens is 440 g/mol. The Morgan fingerprint density at radius 1 is 0.278 bits per heavy atom. The molecule has 0 aliphatic rings. The van der Waals surface area contributed by atoms with Gasteiger partial charge < -0.3 is 9.47 Å². The molecule has 0 atom stereocenters. The summed E-state index contributed by atoms with van der Waals surface area (Å²) in [5.74, 6) is 3.22. The first kappa shape index (κ1) is 20.5. The van der Waals surface area contributed by atoms with Crippen LogP contribution in [0.15, 0.2) is 133 Å². The fraction of sp³-hybridized carbons (Fsp3) is 0. The Kier molecular flexibility index (Phi) is 4.82. The summed E-state index contributed by atoms with van der Waals surface area (Å²) >= 11 is 0. The second kappa shape index (κ2) is 8.44. The molecule has 0 bridgehead atoms. The number of hydrogen-bond acceptors (Lipinski definition) is 2. The van der Waals surface area contributed by atoms with E-state index in [1.807, 2.05) is 48.5 Å². The third-order valence-corrected chi connectivity index (χ3v) is 6.77. The summed E-state index contributed by atoms with van der Waals surface area (Å²) in [6, 6.07) is 45.7. The smallest absolute Gasteiger partial charge is 0.135 e. The summed E-state index contributed by atoms with van der Waals surface area (Å²) < 4.78 is 12.6. The first-order valence-corrected chi connectivity index (χ1v) is 12.1. The summed E-state index contributed by atoms with van der Waals surface area (Å²) in [6.45, 7) is 0. The van der Waals surface area contributed by atoms with Crippen LogP contribution in [-0.4, -0.2) is 0 Å². The van der Waals surface area contributed by atoms with Gasteiger partial charge in [0, 0.05) is 10.8 Å². The van der Waals surface area contributed by atoms with Crippen molar-refractivity contribution >= 4 is 43.1 Å². The molecule has 0 aliphatic carbocycles. The van der Waals surface area contributed by atoms with Crippen molar-refractivity contribution < 1.29 is 9.47 Å². The van der Waals surface area contributed by atoms with Crippen LogP contribution >= 0.6 is 0 Å². The highest BCUT2D eigenvalue weighted by atomic mass is 16.5. The van der Waals surface area contributed by atoms with Crippen LogP contribution in [-0.2, 0) is 0 Å². The minimum atomic E-state index is 0.770. The standard InChI is InChI=1S/C34H22O2/c1-3-9-27-23(7-1)15-21-31-29(27)11-5-13-33(31)35-25-17-19-26(20-18-25)36-34-14-6-12-30-28-10-4-2-8-24(28)16-22-32(30)34/h1-22H. The van der Waals surface area contributed by atoms with Crippen molar-refractivity contribution in [1.82, 2.24) is 0 Å². The topological polar surface area (TPSA) is 18.5 Å². The largest absolute Gasteiger partial charge is 0.457 e. The van der Waals surface area contributed by atoms with E-state index >= 15 is 0 Å². The van der Waals surface area contributed by atoms with E-state index in [1.54, 1.807) is 0 Å². The summed E-state index contributed by atoms with van der Waals surface area (Å²) in [5.41, 5.74) is 0. The van der Waals surface area contributed by atoms with Crippen LogP contribution in [0.25, 0.3) is 43.1 Å². The molecule has 0 heterocycles. The maximum atomic E-state index is 6.31. The van der Waals surface area contributed by atoms with Gasteiger partial charge in [-0.15, -0.1) is 0 Å². The fourth-order valence-corrected chi connectivity index (χ4v) is 5.03. The molecule has 7 aromatic rings. The molecule has 0 saturated heterocycles. The summed E-state index contributed by atoms with van der Waals surface area (Å²) in [6.07, 6.45) is 0. The molecule has 0 aliphatic heterocycles. The van der Waals surface area contributed by atoms with Crippen LogP contribution in [0.4, 0.5) is 0 Å². The number of benzene rings is 7. The lowest BCUT2D eigenvalue weighted by atomic mass is 10.0. The molecule has 0 saturated carbocycles. The van der Waals surface area contributed by atoms with Gasteiger partial charge in [0.2, 0.25) is 0 Å². The summed E-state index contributed by atoms with van der Waals surface area (Å²) in [7, 11) is 0. The first-order chi connectivity index (χ1) is 17.8. The van der Waals surface area contributed by atoms with Crippen LogP contribution in [0.1, 0.15) is 0 Å². The molecule has 0 spiro atoms. The molecule has 0 amide bonds. The Bertz CT molecular complexity index is 1740. The quantitative estimate of drug-likeness (QED) is 0.242. The Morgan fingerprint density at radius 3 is 1.17 bits per heavy atom. The van der Waals surface area contributed by atoms with Crippen LogP contribution in [0.5, 0.6) is 23.0 Å². The minimum Gasteiger partial charge on any atom is -0.457 e. The van der Waals surface area contributed by atoms with Gasteiger partial charge in [-0.3, -0.25) is 0 Å². The van der Waals surface area contributed by atoms with E-state index in [9.17, 15) is 0 Å². The molecule has 0 aromatic heterocycles. The van der Waals surface area contributed by atoms with Crippen molar-refractivity contribution in [3.05, 3.63) is 133 Å². The van der Waals surface area contributed by atoms with Gasteiger partial charge in [-0.25, -0.2) is 0 Å². The molecule has 2 heteroatoms. The third kappa shape index (κ3) is 3.52. The molecule has 170 valence electrons. The second-order valence-corrected chi connectivity index (χ2v) is 8.95. The van der Waals surface area contributed by atoms with E-state index in [-0.39, 0.29) is 0 Å². The van der Waals surface area contributed by atoms with Crippen LogP contribution in [0.3, 0.4) is 0 Å². The Hall–Kier alpha value is -4.82. The zero-order chi connectivity index (χ0) is 23.9. The Labute approximate surface area is 208 Å². The van der Waals surface area contributed by atoms with Crippen molar-refractivity contribution in [2.45, 2.75) is 0 Å². The monoisotopic (exact) mass is 462 g/mol. The minimum absolute atomic E-state index is 0.770. The van der Waals surface area contributed by atoms with E-state index in [2.05, 4.69) is 84.9 Å². The van der Waals surface area contributed by atoms with Gasteiger partial charge in [0.25, 0.3) is 0 Å². The number of hydrogen-bond donors (Lipinski definition) is 0. The molecule has 0 unspecified atom stereocenters. The predicted octanol–water partition coefficient (Wildman–Crippen LogP) is 9.88. The normalized spacial score (nSPS) is 11.3. The first-order valence-electron chi connectivity index (χ1n) is 12.1. The second-order valence-electron chi connectivity index (χ2n) is 8.95. The average molecular weight is 463 g/mol. The van der Waals surface area contributed by atoms with Gasteiger partial charge in [-0.2, -0.15) is 0 Å². The van der Waals surface area contributed by atoms with E-state index in [4.69, 9.17) is 9.47 Å². The molecule has 36 heavy (non-hydrogen) atoms. The molecule has 7 rings (SSSR count). The van der Waals surface area contributed by atoms with E-state index < -0.39 is 0 Å². The molecule has 2 nitrogen and oxygen atoms in total. The Morgan fingerprint density at radius 2 is 0.694 bits per heavy atom. The highest BCUT2D eigenvalue weighted by Crippen LogP contribution is 2.37. The van der Waals surface area contributed by atoms with Gasteiger partial charge in [-0.05, 0) is 80.8 Å². The number of ether oxygens (including phenoxy) is 2. The van der Waals surface area contributed by atoms with E-state index in [1.165, 1.54) is 32.3 Å². The summed E-state index contributed by atoms with van der Waals surface area (Å²) in [5, 5.41) is 9.48. The van der Waals surface area contributed by atoms with Crippen LogP contribution < -0.4 is 9.47 Å². The third-order valence-electron chi connectivity index (χ3n) is 6.77. The lowest BCUT2D eigenvalue weighted by Gasteiger charge is -2.13. The molecule has 7 aromatic carbocycles. The highest BCUT2D eigenvalue weighted by Gasteiger charge is 2.09. The number of rotatable bonds is 4. The van der Waals surface area contributed by atoms with Crippen LogP contribution in [0, 0.1) is 0 Å². The van der Waals surface area contributed by atoms with Crippen LogP contribution in [0.2, 0.25) is 0 Å². The van der Waals surface area contributed by atoms with Gasteiger partial charge in [0.05, 0.1) is 0 Å². The molecule has 0 fully saturated rings. The average Bonchev–Trinajstić information content (AvgIpc) is 2.94. The lowest BCUT2D eigenvalue weighted by Crippen LogP contribution is -1.89. The Balaban J connectivity index is 1.19. The van der Waals surface area contributed by atoms with Crippen molar-refractivity contribution in [3.8, 4) is 23.0 Å².